The summed E-state index contributed by atoms with van der Waals surface area (Å²) in [6.07, 6.45) is 11.1. The summed E-state index contributed by atoms with van der Waals surface area (Å²) >= 11 is 4.12. The minimum absolute atomic E-state index is 0.0776. The zero-order chi connectivity index (χ0) is 24.2. The highest BCUT2D eigenvalue weighted by Gasteiger charge is 2.33. The van der Waals surface area contributed by atoms with Crippen molar-refractivity contribution < 1.29 is 4.79 Å². The average Bonchev–Trinajstić information content (AvgIpc) is 3.32. The van der Waals surface area contributed by atoms with Crippen LogP contribution in [0.1, 0.15) is 50.4 Å². The van der Waals surface area contributed by atoms with E-state index in [1.54, 1.807) is 5.41 Å². The molecule has 2 aromatic rings. The summed E-state index contributed by atoms with van der Waals surface area (Å²) < 4.78 is 2.28. The number of aromatic nitrogens is 3. The molecule has 2 aromatic heterocycles. The lowest BCUT2D eigenvalue weighted by Crippen LogP contribution is -2.46. The maximum atomic E-state index is 13.3. The first kappa shape index (κ1) is 23.9. The highest BCUT2D eigenvalue weighted by molar-refractivity contribution is 7.83. The molecule has 5 heterocycles. The minimum Gasteiger partial charge on any atom is -0.342 e. The summed E-state index contributed by atoms with van der Waals surface area (Å²) in [5.74, 6) is 1.29. The van der Waals surface area contributed by atoms with Crippen LogP contribution in [0, 0.1) is 11.4 Å². The normalized spacial score (nSPS) is 20.9. The number of likely N-dealkylation sites (tertiary alicyclic amines) is 2. The van der Waals surface area contributed by atoms with Crippen molar-refractivity contribution in [1.82, 2.24) is 24.3 Å². The summed E-state index contributed by atoms with van der Waals surface area (Å²) in [5.41, 5.74) is 10.7. The summed E-state index contributed by atoms with van der Waals surface area (Å²) in [5, 5.41) is 5.09. The first-order valence-electron chi connectivity index (χ1n) is 12.4. The van der Waals surface area contributed by atoms with Gasteiger partial charge in [-0.15, -0.1) is 12.6 Å². The standard InChI is InChI=1S/C25H32N8OS/c26-30-19(17-35)16-31-12-6-18(7-13-31)25(34)32-14-8-20(9-15-32)33-23-22(5-3-11-28-23)29-24(33)21-4-1-2-10-27-21/h2-3,5,10-11,17-18,20,26,35H,1,4,6-9,12-16H2/b19-17-,30-26?. The van der Waals surface area contributed by atoms with Crippen molar-refractivity contribution in [3.63, 3.8) is 0 Å². The molecule has 0 spiro atoms. The van der Waals surface area contributed by atoms with E-state index in [-0.39, 0.29) is 17.9 Å². The number of nitrogens with one attached hydrogen (secondary N) is 1. The van der Waals surface area contributed by atoms with Crippen molar-refractivity contribution in [2.45, 2.75) is 44.6 Å². The van der Waals surface area contributed by atoms with Crippen molar-refractivity contribution in [3.8, 4) is 0 Å². The number of thiol groups is 1. The predicted molar refractivity (Wildman–Crippen MR) is 139 cm³/mol. The summed E-state index contributed by atoms with van der Waals surface area (Å²) in [7, 11) is 0. The molecule has 0 bridgehead atoms. The Balaban J connectivity index is 1.24. The number of hydrogen-bond acceptors (Lipinski definition) is 8. The van der Waals surface area contributed by atoms with Gasteiger partial charge >= 0.3 is 0 Å². The van der Waals surface area contributed by atoms with E-state index < -0.39 is 0 Å². The van der Waals surface area contributed by atoms with Gasteiger partial charge in [0.25, 0.3) is 0 Å². The molecule has 35 heavy (non-hydrogen) atoms. The molecule has 0 unspecified atom stereocenters. The monoisotopic (exact) mass is 492 g/mol. The first-order valence-corrected chi connectivity index (χ1v) is 13.0. The Kier molecular flexibility index (Phi) is 7.38. The SMILES string of the molecule is N=N/C(=C\S)CN1CCC(C(=O)N2CCC(n3c(C4=NC=CCC4)nc4cccnc43)CC2)CC1. The molecule has 184 valence electrons. The number of carbonyl (C=O) groups excluding carboxylic acids is 1. The molecule has 3 aliphatic rings. The number of piperidine rings is 2. The van der Waals surface area contributed by atoms with E-state index in [4.69, 9.17) is 10.5 Å². The fourth-order valence-electron chi connectivity index (χ4n) is 5.43. The summed E-state index contributed by atoms with van der Waals surface area (Å²) in [6.45, 7) is 3.83. The summed E-state index contributed by atoms with van der Waals surface area (Å²) in [6, 6.07) is 4.19. The molecule has 0 radical (unpaired) electrons. The number of allylic oxidation sites excluding steroid dienone is 1. The molecule has 1 amide bonds. The smallest absolute Gasteiger partial charge is 0.225 e. The zero-order valence-corrected chi connectivity index (χ0v) is 20.8. The minimum atomic E-state index is 0.0776. The molecule has 3 aliphatic heterocycles. The number of imidazole rings is 1. The highest BCUT2D eigenvalue weighted by atomic mass is 32.1. The average molecular weight is 493 g/mol. The number of nitrogens with zero attached hydrogens (tertiary/aromatic N) is 7. The topological polar surface area (TPSA) is 103 Å². The second-order valence-corrected chi connectivity index (χ2v) is 9.75. The Bertz CT molecular complexity index is 1170. The van der Waals surface area contributed by atoms with E-state index in [2.05, 4.69) is 48.2 Å². The molecule has 0 saturated carbocycles. The summed E-state index contributed by atoms with van der Waals surface area (Å²) in [4.78, 5) is 31.8. The molecule has 5 rings (SSSR count). The Morgan fingerprint density at radius 2 is 2.00 bits per heavy atom. The predicted octanol–water partition coefficient (Wildman–Crippen LogP) is 4.21. The number of amides is 1. The third-order valence-electron chi connectivity index (χ3n) is 7.35. The van der Waals surface area contributed by atoms with Crippen LogP contribution in [0.5, 0.6) is 0 Å². The van der Waals surface area contributed by atoms with E-state index in [9.17, 15) is 4.79 Å². The first-order chi connectivity index (χ1) is 17.2. The zero-order valence-electron chi connectivity index (χ0n) is 19.9. The fourth-order valence-corrected chi connectivity index (χ4v) is 5.56. The number of hydrogen-bond donors (Lipinski definition) is 2. The molecular weight excluding hydrogens is 460 g/mol. The fraction of sp³-hybridized carbons (Fsp3) is 0.520. The lowest BCUT2D eigenvalue weighted by Gasteiger charge is -2.37. The van der Waals surface area contributed by atoms with Gasteiger partial charge in [0.1, 0.15) is 5.52 Å². The molecule has 2 saturated heterocycles. The maximum Gasteiger partial charge on any atom is 0.225 e. The van der Waals surface area contributed by atoms with Crippen molar-refractivity contribution in [2.75, 3.05) is 32.7 Å². The number of pyridine rings is 1. The van der Waals surface area contributed by atoms with Gasteiger partial charge in [0.2, 0.25) is 5.91 Å². The van der Waals surface area contributed by atoms with Gasteiger partial charge in [0.05, 0.1) is 11.4 Å². The second kappa shape index (κ2) is 10.8. The molecule has 0 atom stereocenters. The molecule has 2 fully saturated rings. The van der Waals surface area contributed by atoms with E-state index in [0.29, 0.717) is 12.2 Å². The molecule has 0 aliphatic carbocycles. The molecule has 1 N–H and O–H groups in total. The van der Waals surface area contributed by atoms with Gasteiger partial charge in [-0.2, -0.15) is 5.11 Å². The van der Waals surface area contributed by atoms with Crippen LogP contribution in [0.3, 0.4) is 0 Å². The number of fused-ring (bicyclic) bond motifs is 1. The van der Waals surface area contributed by atoms with Gasteiger partial charge < -0.3 is 9.47 Å². The van der Waals surface area contributed by atoms with E-state index in [1.165, 1.54) is 0 Å². The number of rotatable bonds is 6. The third kappa shape index (κ3) is 5.08. The lowest BCUT2D eigenvalue weighted by atomic mass is 9.93. The Morgan fingerprint density at radius 1 is 1.20 bits per heavy atom. The largest absolute Gasteiger partial charge is 0.342 e. The maximum absolute atomic E-state index is 13.3. The molecule has 9 nitrogen and oxygen atoms in total. The van der Waals surface area contributed by atoms with E-state index in [0.717, 1.165) is 87.4 Å². The lowest BCUT2D eigenvalue weighted by molar-refractivity contribution is -0.138. The van der Waals surface area contributed by atoms with E-state index >= 15 is 0 Å². The van der Waals surface area contributed by atoms with Crippen molar-refractivity contribution >= 4 is 35.4 Å². The third-order valence-corrected chi connectivity index (χ3v) is 7.64. The number of aliphatic imine (C=N–C) groups is 1. The van der Waals surface area contributed by atoms with Crippen molar-refractivity contribution in [1.29, 1.82) is 5.53 Å². The van der Waals surface area contributed by atoms with Gasteiger partial charge in [0.15, 0.2) is 11.5 Å². The van der Waals surface area contributed by atoms with Crippen LogP contribution in [-0.4, -0.2) is 68.7 Å². The molecule has 10 heteroatoms. The molecular formula is C25H32N8OS. The van der Waals surface area contributed by atoms with Crippen LogP contribution >= 0.6 is 12.6 Å². The van der Waals surface area contributed by atoms with Crippen LogP contribution in [0.15, 0.2) is 51.8 Å². The quantitative estimate of drug-likeness (QED) is 0.466. The van der Waals surface area contributed by atoms with Crippen molar-refractivity contribution in [3.05, 3.63) is 47.5 Å². The van der Waals surface area contributed by atoms with Gasteiger partial charge in [-0.1, -0.05) is 6.08 Å². The van der Waals surface area contributed by atoms with Gasteiger partial charge in [-0.05, 0) is 69.2 Å². The van der Waals surface area contributed by atoms with Gasteiger partial charge in [0, 0.05) is 44.0 Å². The Labute approximate surface area is 210 Å². The van der Waals surface area contributed by atoms with Crippen LogP contribution in [0.4, 0.5) is 0 Å². The van der Waals surface area contributed by atoms with Crippen LogP contribution in [0.2, 0.25) is 0 Å². The van der Waals surface area contributed by atoms with Crippen LogP contribution in [0.25, 0.3) is 11.2 Å². The Hall–Kier alpha value is -2.85. The molecule has 0 aromatic carbocycles. The van der Waals surface area contributed by atoms with Gasteiger partial charge in [-0.3, -0.25) is 14.7 Å². The van der Waals surface area contributed by atoms with E-state index in [1.807, 2.05) is 24.5 Å². The number of carbonyl (C=O) groups is 1. The Morgan fingerprint density at radius 3 is 2.69 bits per heavy atom. The van der Waals surface area contributed by atoms with Crippen LogP contribution in [-0.2, 0) is 4.79 Å². The highest BCUT2D eigenvalue weighted by Crippen LogP contribution is 2.31. The van der Waals surface area contributed by atoms with Crippen molar-refractivity contribution in [2.24, 2.45) is 16.0 Å². The second-order valence-electron chi connectivity index (χ2n) is 9.49. The van der Waals surface area contributed by atoms with Crippen LogP contribution < -0.4 is 0 Å². The van der Waals surface area contributed by atoms with Gasteiger partial charge in [-0.25, -0.2) is 15.5 Å².